The van der Waals surface area contributed by atoms with Gasteiger partial charge in [0.1, 0.15) is 6.10 Å². The minimum absolute atomic E-state index is 0.0174. The number of hydrogen-bond acceptors (Lipinski definition) is 6. The molecule has 10 nitrogen and oxygen atoms in total. The van der Waals surface area contributed by atoms with Crippen LogP contribution in [-0.4, -0.2) is 80.4 Å². The van der Waals surface area contributed by atoms with Crippen molar-refractivity contribution >= 4 is 33.3 Å². The fourth-order valence-electron chi connectivity index (χ4n) is 4.06. The van der Waals surface area contributed by atoms with E-state index in [0.717, 1.165) is 30.5 Å². The summed E-state index contributed by atoms with van der Waals surface area (Å²) in [5.41, 5.74) is -0.572. The lowest BCUT2D eigenvalue weighted by Gasteiger charge is -2.38. The van der Waals surface area contributed by atoms with E-state index in [-0.39, 0.29) is 48.3 Å². The van der Waals surface area contributed by atoms with Crippen LogP contribution in [0.25, 0.3) is 0 Å². The number of fused-ring (bicyclic) bond motifs is 1. The average molecular weight is 573 g/mol. The van der Waals surface area contributed by atoms with Gasteiger partial charge in [0, 0.05) is 25.2 Å². The summed E-state index contributed by atoms with van der Waals surface area (Å²) in [6.45, 7) is 3.30. The standard InChI is InChI=1S/C25H31F3N4O6S/c1-15-12-32(16(2)14-33)23(34)19-6-5-7-20(30-39(4,36)37)22(19)38-21(15)13-31(3)24(35)29-18-10-8-17(9-11-18)25(26,27)28/h5-11,15-16,21,30,33H,12-14H2,1-4H3,(H,29,35)/t15-,16+,21-/m1/s1. The molecule has 0 fully saturated rings. The molecule has 0 saturated carbocycles. The molecular weight excluding hydrogens is 541 g/mol. The quantitative estimate of drug-likeness (QED) is 0.466. The third-order valence-corrected chi connectivity index (χ3v) is 6.84. The van der Waals surface area contributed by atoms with Crippen LogP contribution in [0.2, 0.25) is 0 Å². The van der Waals surface area contributed by atoms with Crippen LogP contribution >= 0.6 is 0 Å². The minimum Gasteiger partial charge on any atom is -0.485 e. The van der Waals surface area contributed by atoms with Gasteiger partial charge < -0.3 is 25.0 Å². The van der Waals surface area contributed by atoms with Crippen molar-refractivity contribution in [2.24, 2.45) is 5.92 Å². The van der Waals surface area contributed by atoms with E-state index in [9.17, 15) is 36.3 Å². The van der Waals surface area contributed by atoms with E-state index in [1.165, 1.54) is 35.0 Å². The number of hydrogen-bond donors (Lipinski definition) is 3. The van der Waals surface area contributed by atoms with Gasteiger partial charge in [-0.05, 0) is 43.3 Å². The molecule has 1 aliphatic rings. The Kier molecular flexibility index (Phi) is 9.01. The lowest BCUT2D eigenvalue weighted by molar-refractivity contribution is -0.137. The Balaban J connectivity index is 1.89. The van der Waals surface area contributed by atoms with E-state index in [4.69, 9.17) is 4.74 Å². The normalized spacial score (nSPS) is 18.8. The van der Waals surface area contributed by atoms with Crippen LogP contribution in [0.1, 0.15) is 29.8 Å². The number of likely N-dealkylation sites (N-methyl/N-ethyl adjacent to an activating group) is 1. The van der Waals surface area contributed by atoms with Crippen molar-refractivity contribution in [1.82, 2.24) is 9.80 Å². The third kappa shape index (κ3) is 7.53. The Bertz CT molecular complexity index is 1300. The van der Waals surface area contributed by atoms with Crippen molar-refractivity contribution in [2.75, 3.05) is 43.0 Å². The zero-order valence-corrected chi connectivity index (χ0v) is 22.6. The second-order valence-corrected chi connectivity index (χ2v) is 11.3. The maximum absolute atomic E-state index is 13.4. The number of anilines is 2. The Morgan fingerprint density at radius 1 is 1.23 bits per heavy atom. The summed E-state index contributed by atoms with van der Waals surface area (Å²) in [6.07, 6.45) is -4.29. The summed E-state index contributed by atoms with van der Waals surface area (Å²) in [5, 5.41) is 12.3. The highest BCUT2D eigenvalue weighted by Gasteiger charge is 2.35. The maximum atomic E-state index is 13.4. The largest absolute Gasteiger partial charge is 0.485 e. The van der Waals surface area contributed by atoms with Crippen LogP contribution in [0.4, 0.5) is 29.3 Å². The zero-order valence-electron chi connectivity index (χ0n) is 21.8. The molecule has 214 valence electrons. The van der Waals surface area contributed by atoms with E-state index in [2.05, 4.69) is 10.0 Å². The number of carbonyl (C=O) groups excluding carboxylic acids is 2. The van der Waals surface area contributed by atoms with Crippen LogP contribution in [0.5, 0.6) is 5.75 Å². The average Bonchev–Trinajstić information content (AvgIpc) is 2.84. The first kappa shape index (κ1) is 30.0. The second kappa shape index (κ2) is 11.7. The van der Waals surface area contributed by atoms with Gasteiger partial charge in [-0.1, -0.05) is 13.0 Å². The molecule has 0 spiro atoms. The number of aliphatic hydroxyl groups is 1. The van der Waals surface area contributed by atoms with Gasteiger partial charge in [0.15, 0.2) is 5.75 Å². The molecule has 1 heterocycles. The molecule has 0 saturated heterocycles. The number of urea groups is 1. The van der Waals surface area contributed by atoms with Gasteiger partial charge in [0.05, 0.1) is 42.3 Å². The molecule has 0 radical (unpaired) electrons. The summed E-state index contributed by atoms with van der Waals surface area (Å²) in [4.78, 5) is 29.0. The number of carbonyl (C=O) groups is 2. The lowest BCUT2D eigenvalue weighted by Crippen LogP contribution is -2.50. The number of amides is 3. The predicted molar refractivity (Wildman–Crippen MR) is 139 cm³/mol. The number of rotatable bonds is 7. The third-order valence-electron chi connectivity index (χ3n) is 6.25. The molecule has 3 rings (SSSR count). The van der Waals surface area contributed by atoms with E-state index in [1.807, 2.05) is 0 Å². The molecule has 0 bridgehead atoms. The highest BCUT2D eigenvalue weighted by atomic mass is 32.2. The Hall–Kier alpha value is -3.52. The lowest BCUT2D eigenvalue weighted by atomic mass is 9.99. The number of sulfonamides is 1. The number of benzene rings is 2. The summed E-state index contributed by atoms with van der Waals surface area (Å²) in [5.74, 6) is -0.859. The van der Waals surface area contributed by atoms with Crippen LogP contribution in [0.15, 0.2) is 42.5 Å². The fourth-order valence-corrected chi connectivity index (χ4v) is 4.62. The monoisotopic (exact) mass is 572 g/mol. The van der Waals surface area contributed by atoms with Gasteiger partial charge in [-0.15, -0.1) is 0 Å². The van der Waals surface area contributed by atoms with Gasteiger partial charge in [-0.2, -0.15) is 13.2 Å². The smallest absolute Gasteiger partial charge is 0.416 e. The minimum atomic E-state index is -4.51. The van der Waals surface area contributed by atoms with Crippen LogP contribution in [0, 0.1) is 5.92 Å². The number of para-hydroxylation sites is 1. The van der Waals surface area contributed by atoms with Gasteiger partial charge in [-0.3, -0.25) is 9.52 Å². The number of halogens is 3. The molecule has 2 aromatic rings. The van der Waals surface area contributed by atoms with Crippen molar-refractivity contribution in [3.8, 4) is 5.75 Å². The SMILES string of the molecule is C[C@@H]1CN([C@@H](C)CO)C(=O)c2cccc(NS(C)(=O)=O)c2O[C@@H]1CN(C)C(=O)Nc1ccc(C(F)(F)F)cc1. The molecule has 3 atom stereocenters. The van der Waals surface area contributed by atoms with Gasteiger partial charge in [-0.25, -0.2) is 13.2 Å². The first-order valence-electron chi connectivity index (χ1n) is 12.0. The number of nitrogens with zero attached hydrogens (tertiary/aromatic N) is 2. The van der Waals surface area contributed by atoms with Gasteiger partial charge in [0.25, 0.3) is 5.91 Å². The summed E-state index contributed by atoms with van der Waals surface area (Å²) in [7, 11) is -2.27. The van der Waals surface area contributed by atoms with E-state index < -0.39 is 45.8 Å². The second-order valence-electron chi connectivity index (χ2n) is 9.56. The van der Waals surface area contributed by atoms with Crippen molar-refractivity contribution < 1.29 is 41.0 Å². The molecule has 3 amide bonds. The van der Waals surface area contributed by atoms with Crippen molar-refractivity contribution in [3.05, 3.63) is 53.6 Å². The molecule has 0 aliphatic carbocycles. The molecule has 1 aliphatic heterocycles. The molecule has 2 aromatic carbocycles. The highest BCUT2D eigenvalue weighted by molar-refractivity contribution is 7.92. The number of alkyl halides is 3. The van der Waals surface area contributed by atoms with Crippen LogP contribution < -0.4 is 14.8 Å². The highest BCUT2D eigenvalue weighted by Crippen LogP contribution is 2.35. The number of aliphatic hydroxyl groups excluding tert-OH is 1. The van der Waals surface area contributed by atoms with Crippen molar-refractivity contribution in [1.29, 1.82) is 0 Å². The molecule has 3 N–H and O–H groups in total. The Morgan fingerprint density at radius 2 is 1.87 bits per heavy atom. The van der Waals surface area contributed by atoms with E-state index in [0.29, 0.717) is 0 Å². The topological polar surface area (TPSA) is 128 Å². The van der Waals surface area contributed by atoms with Crippen molar-refractivity contribution in [2.45, 2.75) is 32.2 Å². The summed E-state index contributed by atoms with van der Waals surface area (Å²) < 4.78 is 71.0. The van der Waals surface area contributed by atoms with E-state index in [1.54, 1.807) is 13.8 Å². The van der Waals surface area contributed by atoms with Crippen molar-refractivity contribution in [3.63, 3.8) is 0 Å². The number of nitrogens with one attached hydrogen (secondary N) is 2. The van der Waals surface area contributed by atoms with Crippen LogP contribution in [-0.2, 0) is 16.2 Å². The Morgan fingerprint density at radius 3 is 2.44 bits per heavy atom. The van der Waals surface area contributed by atoms with Gasteiger partial charge in [0.2, 0.25) is 10.0 Å². The first-order valence-corrected chi connectivity index (χ1v) is 13.9. The first-order chi connectivity index (χ1) is 18.1. The molecule has 0 aromatic heterocycles. The van der Waals surface area contributed by atoms with Crippen LogP contribution in [0.3, 0.4) is 0 Å². The predicted octanol–water partition coefficient (Wildman–Crippen LogP) is 3.46. The summed E-state index contributed by atoms with van der Waals surface area (Å²) >= 11 is 0. The molecule has 39 heavy (non-hydrogen) atoms. The fraction of sp³-hybridized carbons (Fsp3) is 0.440. The van der Waals surface area contributed by atoms with E-state index >= 15 is 0 Å². The molecule has 0 unspecified atom stereocenters. The molecular formula is C25H31F3N4O6S. The Labute approximate surface area is 224 Å². The summed E-state index contributed by atoms with van der Waals surface area (Å²) in [6, 6.07) is 7.25. The van der Waals surface area contributed by atoms with Gasteiger partial charge >= 0.3 is 12.2 Å². The zero-order chi connectivity index (χ0) is 29.1. The number of ether oxygens (including phenoxy) is 1. The molecule has 14 heteroatoms. The maximum Gasteiger partial charge on any atom is 0.416 e.